The van der Waals surface area contributed by atoms with E-state index >= 15 is 0 Å². The van der Waals surface area contributed by atoms with Crippen molar-refractivity contribution < 1.29 is 23.9 Å². The Kier molecular flexibility index (Phi) is 5.33. The second-order valence-electron chi connectivity index (χ2n) is 7.66. The number of anilines is 1. The molecule has 0 spiro atoms. The molecular formula is C22H22N4O5. The highest BCUT2D eigenvalue weighted by Crippen LogP contribution is 2.31. The Labute approximate surface area is 178 Å². The molecule has 4 rings (SSSR count). The van der Waals surface area contributed by atoms with E-state index in [2.05, 4.69) is 10.7 Å². The minimum Gasteiger partial charge on any atom is -0.482 e. The zero-order chi connectivity index (χ0) is 22.0. The highest BCUT2D eigenvalue weighted by Gasteiger charge is 2.48. The standard InChI is InChI=1S/C22H22N4O5/c1-22(12-11-15-7-3-2-4-8-15)20(29)26(21(30)23-22)24-18(27)13-25-16-9-5-6-10-17(16)31-14-19(25)28/h2-10H,11-14H2,1H3,(H,23,30)(H,24,27)/t22-/m1/s1. The average molecular weight is 422 g/mol. The first-order chi connectivity index (χ1) is 14.9. The number of carbonyl (C=O) groups is 4. The Balaban J connectivity index is 1.41. The summed E-state index contributed by atoms with van der Waals surface area (Å²) in [6, 6.07) is 15.7. The van der Waals surface area contributed by atoms with E-state index in [-0.39, 0.29) is 13.2 Å². The molecular weight excluding hydrogens is 400 g/mol. The van der Waals surface area contributed by atoms with Gasteiger partial charge in [0.1, 0.15) is 17.8 Å². The summed E-state index contributed by atoms with van der Waals surface area (Å²) in [6.45, 7) is 1.09. The summed E-state index contributed by atoms with van der Waals surface area (Å²) in [5.41, 5.74) is 2.69. The lowest BCUT2D eigenvalue weighted by Crippen LogP contribution is -2.53. The first-order valence-electron chi connectivity index (χ1n) is 9.90. The highest BCUT2D eigenvalue weighted by molar-refractivity contribution is 6.08. The van der Waals surface area contributed by atoms with E-state index in [9.17, 15) is 19.2 Å². The smallest absolute Gasteiger partial charge is 0.344 e. The number of hydrogen-bond donors (Lipinski definition) is 2. The van der Waals surface area contributed by atoms with Crippen LogP contribution in [0.5, 0.6) is 5.75 Å². The molecule has 5 amide bonds. The van der Waals surface area contributed by atoms with Crippen LogP contribution in [-0.2, 0) is 20.8 Å². The molecule has 2 aromatic rings. The zero-order valence-electron chi connectivity index (χ0n) is 17.0. The summed E-state index contributed by atoms with van der Waals surface area (Å²) in [5, 5.41) is 3.34. The van der Waals surface area contributed by atoms with Crippen LogP contribution >= 0.6 is 0 Å². The Hall–Kier alpha value is -3.88. The van der Waals surface area contributed by atoms with Gasteiger partial charge in [-0.3, -0.25) is 24.7 Å². The van der Waals surface area contributed by atoms with Crippen molar-refractivity contribution in [3.8, 4) is 5.75 Å². The molecule has 2 aliphatic rings. The van der Waals surface area contributed by atoms with E-state index in [0.29, 0.717) is 29.3 Å². The maximum absolute atomic E-state index is 12.9. The quantitative estimate of drug-likeness (QED) is 0.684. The number of aryl methyl sites for hydroxylation is 1. The van der Waals surface area contributed by atoms with Gasteiger partial charge in [-0.2, -0.15) is 5.01 Å². The van der Waals surface area contributed by atoms with Gasteiger partial charge >= 0.3 is 6.03 Å². The van der Waals surface area contributed by atoms with Crippen LogP contribution in [-0.4, -0.2) is 47.5 Å². The fraction of sp³-hybridized carbons (Fsp3) is 0.273. The molecule has 0 bridgehead atoms. The molecule has 0 saturated carbocycles. The fourth-order valence-electron chi connectivity index (χ4n) is 3.63. The summed E-state index contributed by atoms with van der Waals surface area (Å²) in [5.74, 6) is -1.12. The molecule has 1 atom stereocenters. The number of nitrogens with one attached hydrogen (secondary N) is 2. The third-order valence-electron chi connectivity index (χ3n) is 5.36. The van der Waals surface area contributed by atoms with Crippen molar-refractivity contribution in [3.05, 3.63) is 60.2 Å². The third kappa shape index (κ3) is 4.07. The van der Waals surface area contributed by atoms with Gasteiger partial charge in [-0.15, -0.1) is 0 Å². The van der Waals surface area contributed by atoms with Crippen molar-refractivity contribution in [2.45, 2.75) is 25.3 Å². The first kappa shape index (κ1) is 20.4. The van der Waals surface area contributed by atoms with Crippen LogP contribution in [0.2, 0.25) is 0 Å². The van der Waals surface area contributed by atoms with Crippen molar-refractivity contribution in [2.75, 3.05) is 18.1 Å². The summed E-state index contributed by atoms with van der Waals surface area (Å²) < 4.78 is 5.35. The van der Waals surface area contributed by atoms with Crippen LogP contribution in [0.15, 0.2) is 54.6 Å². The molecule has 0 aromatic heterocycles. The average Bonchev–Trinajstić information content (AvgIpc) is 2.98. The van der Waals surface area contributed by atoms with E-state index in [1.165, 1.54) is 4.90 Å². The number of hydrogen-bond acceptors (Lipinski definition) is 5. The number of hydrazine groups is 1. The Morgan fingerprint density at radius 2 is 1.81 bits per heavy atom. The highest BCUT2D eigenvalue weighted by atomic mass is 16.5. The predicted molar refractivity (Wildman–Crippen MR) is 111 cm³/mol. The second kappa shape index (κ2) is 8.10. The van der Waals surface area contributed by atoms with E-state index in [1.54, 1.807) is 31.2 Å². The first-order valence-corrected chi connectivity index (χ1v) is 9.90. The molecule has 1 fully saturated rings. The minimum absolute atomic E-state index is 0.190. The largest absolute Gasteiger partial charge is 0.482 e. The topological polar surface area (TPSA) is 108 Å². The number of urea groups is 1. The van der Waals surface area contributed by atoms with Crippen molar-refractivity contribution in [3.63, 3.8) is 0 Å². The molecule has 9 heteroatoms. The van der Waals surface area contributed by atoms with Gasteiger partial charge in [0.15, 0.2) is 6.61 Å². The predicted octanol–water partition coefficient (Wildman–Crippen LogP) is 1.39. The van der Waals surface area contributed by atoms with Crippen LogP contribution < -0.4 is 20.4 Å². The van der Waals surface area contributed by atoms with Crippen LogP contribution in [0.3, 0.4) is 0 Å². The number of ether oxygens (including phenoxy) is 1. The molecule has 0 unspecified atom stereocenters. The van der Waals surface area contributed by atoms with Gasteiger partial charge in [0.25, 0.3) is 17.7 Å². The number of benzene rings is 2. The van der Waals surface area contributed by atoms with Gasteiger partial charge in [0, 0.05) is 0 Å². The number of amides is 5. The molecule has 1 saturated heterocycles. The number of carbonyl (C=O) groups excluding carboxylic acids is 4. The van der Waals surface area contributed by atoms with Gasteiger partial charge < -0.3 is 10.1 Å². The SMILES string of the molecule is C[C@]1(CCc2ccccc2)NC(=O)N(NC(=O)CN2C(=O)COc3ccccc32)C1=O. The van der Waals surface area contributed by atoms with E-state index in [0.717, 1.165) is 5.56 Å². The Morgan fingerprint density at radius 1 is 1.10 bits per heavy atom. The minimum atomic E-state index is -1.14. The lowest BCUT2D eigenvalue weighted by Gasteiger charge is -2.29. The van der Waals surface area contributed by atoms with Gasteiger partial charge in [-0.05, 0) is 37.5 Å². The van der Waals surface area contributed by atoms with Gasteiger partial charge in [0.05, 0.1) is 5.69 Å². The summed E-state index contributed by atoms with van der Waals surface area (Å²) in [6.07, 6.45) is 0.966. The fourth-order valence-corrected chi connectivity index (χ4v) is 3.63. The monoisotopic (exact) mass is 422 g/mol. The lowest BCUT2D eigenvalue weighted by molar-refractivity contribution is -0.138. The molecule has 0 aliphatic carbocycles. The summed E-state index contributed by atoms with van der Waals surface area (Å²) in [7, 11) is 0. The number of imide groups is 1. The second-order valence-corrected chi connectivity index (χ2v) is 7.66. The number of para-hydroxylation sites is 2. The van der Waals surface area contributed by atoms with E-state index in [1.807, 2.05) is 30.3 Å². The van der Waals surface area contributed by atoms with Crippen LogP contribution in [0.25, 0.3) is 0 Å². The molecule has 0 radical (unpaired) electrons. The molecule has 31 heavy (non-hydrogen) atoms. The van der Waals surface area contributed by atoms with Crippen molar-refractivity contribution in [1.29, 1.82) is 0 Å². The van der Waals surface area contributed by atoms with Crippen LogP contribution in [0, 0.1) is 0 Å². The molecule has 2 heterocycles. The maximum Gasteiger partial charge on any atom is 0.344 e. The van der Waals surface area contributed by atoms with Gasteiger partial charge in [0.2, 0.25) is 0 Å². The van der Waals surface area contributed by atoms with Crippen molar-refractivity contribution >= 4 is 29.4 Å². The Morgan fingerprint density at radius 3 is 2.58 bits per heavy atom. The normalized spacial score (nSPS) is 20.2. The Bertz CT molecular complexity index is 1040. The van der Waals surface area contributed by atoms with Crippen molar-refractivity contribution in [1.82, 2.24) is 15.8 Å². The van der Waals surface area contributed by atoms with E-state index in [4.69, 9.17) is 4.74 Å². The van der Waals surface area contributed by atoms with Crippen LogP contribution in [0.1, 0.15) is 18.9 Å². The lowest BCUT2D eigenvalue weighted by atomic mass is 9.93. The third-order valence-corrected chi connectivity index (χ3v) is 5.36. The van der Waals surface area contributed by atoms with Crippen molar-refractivity contribution in [2.24, 2.45) is 0 Å². The molecule has 160 valence electrons. The number of rotatable bonds is 6. The molecule has 2 aromatic carbocycles. The molecule has 2 aliphatic heterocycles. The van der Waals surface area contributed by atoms with Crippen LogP contribution in [0.4, 0.5) is 10.5 Å². The molecule has 2 N–H and O–H groups in total. The summed E-state index contributed by atoms with van der Waals surface area (Å²) >= 11 is 0. The summed E-state index contributed by atoms with van der Waals surface area (Å²) in [4.78, 5) is 51.3. The maximum atomic E-state index is 12.9. The van der Waals surface area contributed by atoms with Gasteiger partial charge in [-0.25, -0.2) is 4.79 Å². The zero-order valence-corrected chi connectivity index (χ0v) is 17.0. The number of fused-ring (bicyclic) bond motifs is 1. The number of nitrogens with zero attached hydrogens (tertiary/aromatic N) is 2. The van der Waals surface area contributed by atoms with Gasteiger partial charge in [-0.1, -0.05) is 42.5 Å². The molecule has 9 nitrogen and oxygen atoms in total. The van der Waals surface area contributed by atoms with E-state index < -0.39 is 29.3 Å².